The van der Waals surface area contributed by atoms with E-state index in [0.717, 1.165) is 15.5 Å². The summed E-state index contributed by atoms with van der Waals surface area (Å²) in [7, 11) is 0. The van der Waals surface area contributed by atoms with Crippen LogP contribution in [0.5, 0.6) is 0 Å². The highest BCUT2D eigenvalue weighted by atomic mass is 16.2. The second-order valence-corrected chi connectivity index (χ2v) is 6.32. The van der Waals surface area contributed by atoms with Crippen LogP contribution >= 0.6 is 0 Å². The molecule has 2 aromatic rings. The van der Waals surface area contributed by atoms with Crippen molar-refractivity contribution in [3.8, 4) is 0 Å². The van der Waals surface area contributed by atoms with Crippen molar-refractivity contribution < 1.29 is 24.0 Å². The SMILES string of the molecule is O=C1CN(NC(=O)c2ccc3c(c2)C(=O)N(Cc2ccccc2)C3=O)C(=O)N1. The highest BCUT2D eigenvalue weighted by Gasteiger charge is 2.36. The maximum absolute atomic E-state index is 12.7. The summed E-state index contributed by atoms with van der Waals surface area (Å²) in [5.74, 6) is -2.13. The Balaban J connectivity index is 1.54. The van der Waals surface area contributed by atoms with Crippen molar-refractivity contribution in [1.29, 1.82) is 0 Å². The van der Waals surface area contributed by atoms with Gasteiger partial charge in [-0.2, -0.15) is 0 Å². The first-order valence-electron chi connectivity index (χ1n) is 8.40. The smallest absolute Gasteiger partial charge is 0.275 e. The van der Waals surface area contributed by atoms with Crippen LogP contribution < -0.4 is 10.7 Å². The monoisotopic (exact) mass is 378 g/mol. The number of nitrogens with one attached hydrogen (secondary N) is 2. The van der Waals surface area contributed by atoms with E-state index in [1.165, 1.54) is 18.2 Å². The zero-order valence-electron chi connectivity index (χ0n) is 14.5. The molecular weight excluding hydrogens is 364 g/mol. The number of hydrogen-bond acceptors (Lipinski definition) is 5. The lowest BCUT2D eigenvalue weighted by molar-refractivity contribution is -0.118. The number of carbonyl (C=O) groups excluding carboxylic acids is 5. The number of benzene rings is 2. The highest BCUT2D eigenvalue weighted by Crippen LogP contribution is 2.25. The Kier molecular flexibility index (Phi) is 4.11. The molecule has 0 bridgehead atoms. The molecule has 0 aliphatic carbocycles. The fourth-order valence-electron chi connectivity index (χ4n) is 3.06. The van der Waals surface area contributed by atoms with Crippen LogP contribution in [0.1, 0.15) is 36.6 Å². The quantitative estimate of drug-likeness (QED) is 0.600. The third kappa shape index (κ3) is 2.98. The second-order valence-electron chi connectivity index (χ2n) is 6.32. The standard InChI is InChI=1S/C19H14N4O5/c24-15-10-23(19(28)20-15)21-16(25)12-6-7-13-14(8-12)18(27)22(17(13)26)9-11-4-2-1-3-5-11/h1-8H,9-10H2,(H,21,25)(H,20,24,28). The molecule has 2 N–H and O–H groups in total. The molecule has 9 heteroatoms. The fourth-order valence-corrected chi connectivity index (χ4v) is 3.06. The van der Waals surface area contributed by atoms with E-state index in [1.54, 1.807) is 0 Å². The van der Waals surface area contributed by atoms with Gasteiger partial charge in [0.2, 0.25) is 5.91 Å². The van der Waals surface area contributed by atoms with Crippen LogP contribution in [-0.4, -0.2) is 46.1 Å². The maximum atomic E-state index is 12.7. The fraction of sp³-hybridized carbons (Fsp3) is 0.105. The minimum absolute atomic E-state index is 0.0913. The molecule has 2 aliphatic heterocycles. The van der Waals surface area contributed by atoms with E-state index in [4.69, 9.17) is 0 Å². The van der Waals surface area contributed by atoms with Crippen LogP contribution in [0, 0.1) is 0 Å². The zero-order valence-corrected chi connectivity index (χ0v) is 14.5. The summed E-state index contributed by atoms with van der Waals surface area (Å²) in [6.45, 7) is -0.164. The van der Waals surface area contributed by atoms with Gasteiger partial charge in [0.15, 0.2) is 0 Å². The molecule has 6 amide bonds. The molecule has 0 radical (unpaired) electrons. The van der Waals surface area contributed by atoms with Crippen LogP contribution in [0.4, 0.5) is 4.79 Å². The van der Waals surface area contributed by atoms with Gasteiger partial charge in [-0.15, -0.1) is 0 Å². The molecule has 140 valence electrons. The normalized spacial score (nSPS) is 15.7. The van der Waals surface area contributed by atoms with Gasteiger partial charge in [0.25, 0.3) is 17.7 Å². The van der Waals surface area contributed by atoms with Crippen molar-refractivity contribution in [2.24, 2.45) is 0 Å². The minimum Gasteiger partial charge on any atom is -0.275 e. The van der Waals surface area contributed by atoms with Gasteiger partial charge in [-0.1, -0.05) is 30.3 Å². The van der Waals surface area contributed by atoms with E-state index in [0.29, 0.717) is 0 Å². The van der Waals surface area contributed by atoms with Crippen LogP contribution in [0.25, 0.3) is 0 Å². The molecule has 2 heterocycles. The summed E-state index contributed by atoms with van der Waals surface area (Å²) in [5.41, 5.74) is 3.53. The number of hydrazine groups is 1. The highest BCUT2D eigenvalue weighted by molar-refractivity contribution is 6.22. The summed E-state index contributed by atoms with van der Waals surface area (Å²) < 4.78 is 0. The van der Waals surface area contributed by atoms with E-state index in [-0.39, 0.29) is 29.8 Å². The Labute approximate surface area is 158 Å². The number of carbonyl (C=O) groups is 5. The Morgan fingerprint density at radius 2 is 1.68 bits per heavy atom. The van der Waals surface area contributed by atoms with Gasteiger partial charge in [-0.3, -0.25) is 34.8 Å². The van der Waals surface area contributed by atoms with Crippen LogP contribution in [0.2, 0.25) is 0 Å². The molecule has 2 aliphatic rings. The molecule has 0 aromatic heterocycles. The van der Waals surface area contributed by atoms with Gasteiger partial charge in [0, 0.05) is 5.56 Å². The minimum atomic E-state index is -0.736. The Bertz CT molecular complexity index is 1030. The van der Waals surface area contributed by atoms with Gasteiger partial charge >= 0.3 is 6.03 Å². The lowest BCUT2D eigenvalue weighted by Crippen LogP contribution is -2.44. The molecule has 0 atom stereocenters. The first-order chi connectivity index (χ1) is 13.4. The van der Waals surface area contributed by atoms with Crippen LogP contribution in [0.15, 0.2) is 48.5 Å². The van der Waals surface area contributed by atoms with Crippen molar-refractivity contribution in [3.63, 3.8) is 0 Å². The van der Waals surface area contributed by atoms with Crippen molar-refractivity contribution in [2.75, 3.05) is 6.54 Å². The van der Waals surface area contributed by atoms with Crippen molar-refractivity contribution in [2.45, 2.75) is 6.54 Å². The van der Waals surface area contributed by atoms with Gasteiger partial charge < -0.3 is 0 Å². The second kappa shape index (κ2) is 6.62. The van der Waals surface area contributed by atoms with Crippen molar-refractivity contribution in [1.82, 2.24) is 20.7 Å². The number of amides is 6. The van der Waals surface area contributed by atoms with E-state index < -0.39 is 29.7 Å². The largest absolute Gasteiger partial charge is 0.343 e. The first-order valence-corrected chi connectivity index (χ1v) is 8.40. The van der Waals surface area contributed by atoms with E-state index >= 15 is 0 Å². The molecule has 28 heavy (non-hydrogen) atoms. The van der Waals surface area contributed by atoms with Crippen LogP contribution in [-0.2, 0) is 11.3 Å². The molecule has 0 saturated carbocycles. The zero-order chi connectivity index (χ0) is 19.8. The molecule has 1 saturated heterocycles. The number of rotatable bonds is 4. The number of urea groups is 1. The molecule has 2 aromatic carbocycles. The summed E-state index contributed by atoms with van der Waals surface area (Å²) in [5, 5.41) is 2.87. The third-order valence-electron chi connectivity index (χ3n) is 4.45. The van der Waals surface area contributed by atoms with E-state index in [9.17, 15) is 24.0 Å². The van der Waals surface area contributed by atoms with Crippen molar-refractivity contribution >= 4 is 29.7 Å². The molecule has 9 nitrogen and oxygen atoms in total. The molecule has 1 fully saturated rings. The lowest BCUT2D eigenvalue weighted by Gasteiger charge is -2.14. The third-order valence-corrected chi connectivity index (χ3v) is 4.45. The molecule has 4 rings (SSSR count). The number of nitrogens with zero attached hydrogens (tertiary/aromatic N) is 2. The first kappa shape index (κ1) is 17.4. The lowest BCUT2D eigenvalue weighted by atomic mass is 10.1. The Hall–Kier alpha value is -4.01. The molecular formula is C19H14N4O5. The Morgan fingerprint density at radius 3 is 2.36 bits per heavy atom. The topological polar surface area (TPSA) is 116 Å². The number of hydrogen-bond donors (Lipinski definition) is 2. The van der Waals surface area contributed by atoms with Gasteiger partial charge in [0.05, 0.1) is 17.7 Å². The summed E-state index contributed by atoms with van der Waals surface area (Å²) in [6, 6.07) is 12.5. The van der Waals surface area contributed by atoms with Gasteiger partial charge in [-0.25, -0.2) is 9.80 Å². The van der Waals surface area contributed by atoms with Crippen molar-refractivity contribution in [3.05, 3.63) is 70.8 Å². The van der Waals surface area contributed by atoms with Gasteiger partial charge in [-0.05, 0) is 23.8 Å². The van der Waals surface area contributed by atoms with Crippen LogP contribution in [0.3, 0.4) is 0 Å². The predicted octanol–water partition coefficient (Wildman–Crippen LogP) is 0.679. The van der Waals surface area contributed by atoms with Gasteiger partial charge in [0.1, 0.15) is 6.54 Å². The van der Waals surface area contributed by atoms with E-state index in [2.05, 4.69) is 5.43 Å². The van der Waals surface area contributed by atoms with E-state index in [1.807, 2.05) is 35.6 Å². The maximum Gasteiger partial charge on any atom is 0.343 e. The molecule has 0 unspecified atom stereocenters. The average molecular weight is 378 g/mol. The average Bonchev–Trinajstić information content (AvgIpc) is 3.13. The predicted molar refractivity (Wildman–Crippen MR) is 94.8 cm³/mol. The molecule has 0 spiro atoms. The number of fused-ring (bicyclic) bond motifs is 1. The number of imide groups is 2. The Morgan fingerprint density at radius 1 is 0.964 bits per heavy atom. The summed E-state index contributed by atoms with van der Waals surface area (Å²) >= 11 is 0. The summed E-state index contributed by atoms with van der Waals surface area (Å²) in [6.07, 6.45) is 0. The summed E-state index contributed by atoms with van der Waals surface area (Å²) in [4.78, 5) is 61.4.